The molecule has 1 rings (SSSR count). The highest BCUT2D eigenvalue weighted by atomic mass is 127. The van der Waals surface area contributed by atoms with E-state index in [0.29, 0.717) is 19.1 Å². The Morgan fingerprint density at radius 1 is 1.47 bits per heavy atom. The van der Waals surface area contributed by atoms with E-state index in [1.165, 1.54) is 6.42 Å². The Morgan fingerprint density at radius 2 is 2.12 bits per heavy atom. The predicted molar refractivity (Wildman–Crippen MR) is 80.0 cm³/mol. The van der Waals surface area contributed by atoms with Crippen LogP contribution in [0.2, 0.25) is 0 Å². The summed E-state index contributed by atoms with van der Waals surface area (Å²) in [4.78, 5) is 4.31. The minimum Gasteiger partial charge on any atom is -0.383 e. The number of methoxy groups -OCH3 is 2. The Labute approximate surface area is 121 Å². The molecule has 6 heteroatoms. The maximum atomic E-state index is 5.77. The number of halogens is 1. The minimum atomic E-state index is -0.0587. The molecule has 17 heavy (non-hydrogen) atoms. The SMILES string of the molecule is COCC(C)NC(N)=NCC1(OC)CCC1.I. The van der Waals surface area contributed by atoms with Crippen molar-refractivity contribution in [2.24, 2.45) is 10.7 Å². The summed E-state index contributed by atoms with van der Waals surface area (Å²) in [5.74, 6) is 0.466. The Kier molecular flexibility index (Phi) is 8.06. The molecular formula is C11H24IN3O2. The molecule has 0 aromatic rings. The first-order valence-electron chi connectivity index (χ1n) is 5.72. The first-order valence-corrected chi connectivity index (χ1v) is 5.72. The van der Waals surface area contributed by atoms with Gasteiger partial charge in [0.25, 0.3) is 0 Å². The standard InChI is InChI=1S/C11H23N3O2.HI/c1-9(7-15-2)14-10(12)13-8-11(16-3)5-4-6-11;/h9H,4-8H2,1-3H3,(H3,12,13,14);1H. The van der Waals surface area contributed by atoms with Crippen LogP contribution in [0.25, 0.3) is 0 Å². The van der Waals surface area contributed by atoms with Crippen LogP contribution in [0.15, 0.2) is 4.99 Å². The molecule has 1 saturated carbocycles. The Morgan fingerprint density at radius 3 is 2.53 bits per heavy atom. The second kappa shape index (κ2) is 8.10. The van der Waals surface area contributed by atoms with Crippen LogP contribution in [0, 0.1) is 0 Å². The first kappa shape index (κ1) is 16.9. The summed E-state index contributed by atoms with van der Waals surface area (Å²) < 4.78 is 10.5. The number of rotatable bonds is 6. The van der Waals surface area contributed by atoms with Crippen LogP contribution in [-0.4, -0.2) is 45.0 Å². The molecule has 0 heterocycles. The van der Waals surface area contributed by atoms with E-state index in [1.807, 2.05) is 6.92 Å². The van der Waals surface area contributed by atoms with Crippen LogP contribution < -0.4 is 11.1 Å². The molecule has 0 spiro atoms. The maximum absolute atomic E-state index is 5.77. The van der Waals surface area contributed by atoms with Crippen molar-refractivity contribution >= 4 is 29.9 Å². The molecule has 3 N–H and O–H groups in total. The van der Waals surface area contributed by atoms with Crippen molar-refractivity contribution in [3.8, 4) is 0 Å². The van der Waals surface area contributed by atoms with Crippen molar-refractivity contribution in [1.29, 1.82) is 0 Å². The topological polar surface area (TPSA) is 68.9 Å². The highest BCUT2D eigenvalue weighted by Crippen LogP contribution is 2.35. The molecule has 0 aromatic heterocycles. The fraction of sp³-hybridized carbons (Fsp3) is 0.909. The summed E-state index contributed by atoms with van der Waals surface area (Å²) in [5, 5.41) is 3.07. The Hall–Kier alpha value is -0.0800. The Bertz CT molecular complexity index is 239. The fourth-order valence-corrected chi connectivity index (χ4v) is 1.82. The van der Waals surface area contributed by atoms with Crippen molar-refractivity contribution in [1.82, 2.24) is 5.32 Å². The Balaban J connectivity index is 0.00000256. The number of hydrogen-bond acceptors (Lipinski definition) is 3. The summed E-state index contributed by atoms with van der Waals surface area (Å²) >= 11 is 0. The molecule has 0 aliphatic heterocycles. The van der Waals surface area contributed by atoms with Crippen LogP contribution >= 0.6 is 24.0 Å². The van der Waals surface area contributed by atoms with Gasteiger partial charge < -0.3 is 20.5 Å². The van der Waals surface area contributed by atoms with Gasteiger partial charge in [-0.1, -0.05) is 0 Å². The van der Waals surface area contributed by atoms with E-state index in [2.05, 4.69) is 10.3 Å². The van der Waals surface area contributed by atoms with Crippen LogP contribution in [0.4, 0.5) is 0 Å². The molecule has 0 amide bonds. The van der Waals surface area contributed by atoms with Gasteiger partial charge >= 0.3 is 0 Å². The second-order valence-electron chi connectivity index (χ2n) is 4.44. The van der Waals surface area contributed by atoms with E-state index in [-0.39, 0.29) is 35.6 Å². The van der Waals surface area contributed by atoms with Gasteiger partial charge in [-0.15, -0.1) is 24.0 Å². The lowest BCUT2D eigenvalue weighted by Crippen LogP contribution is -2.45. The van der Waals surface area contributed by atoms with Crippen LogP contribution in [0.3, 0.4) is 0 Å². The maximum Gasteiger partial charge on any atom is 0.188 e. The summed E-state index contributed by atoms with van der Waals surface area (Å²) in [6, 6.07) is 0.175. The molecule has 0 saturated heterocycles. The largest absolute Gasteiger partial charge is 0.383 e. The molecule has 102 valence electrons. The van der Waals surface area contributed by atoms with Gasteiger partial charge in [-0.25, -0.2) is 0 Å². The zero-order valence-corrected chi connectivity index (χ0v) is 13.2. The number of ether oxygens (including phenoxy) is 2. The van der Waals surface area contributed by atoms with Crippen molar-refractivity contribution in [2.45, 2.75) is 37.8 Å². The molecule has 1 aliphatic carbocycles. The predicted octanol–water partition coefficient (Wildman–Crippen LogP) is 1.11. The van der Waals surface area contributed by atoms with Crippen LogP contribution in [-0.2, 0) is 9.47 Å². The molecule has 0 radical (unpaired) electrons. The molecular weight excluding hydrogens is 333 g/mol. The highest BCUT2D eigenvalue weighted by Gasteiger charge is 2.36. The molecule has 1 fully saturated rings. The van der Waals surface area contributed by atoms with E-state index in [0.717, 1.165) is 12.8 Å². The van der Waals surface area contributed by atoms with Crippen LogP contribution in [0.1, 0.15) is 26.2 Å². The number of guanidine groups is 1. The first-order chi connectivity index (χ1) is 7.62. The number of hydrogen-bond donors (Lipinski definition) is 2. The van der Waals surface area contributed by atoms with Crippen molar-refractivity contribution in [2.75, 3.05) is 27.4 Å². The van der Waals surface area contributed by atoms with Gasteiger partial charge in [-0.2, -0.15) is 0 Å². The van der Waals surface area contributed by atoms with Gasteiger partial charge in [-0.3, -0.25) is 4.99 Å². The molecule has 0 bridgehead atoms. The molecule has 1 atom stereocenters. The summed E-state index contributed by atoms with van der Waals surface area (Å²) in [5.41, 5.74) is 5.71. The van der Waals surface area contributed by atoms with Gasteiger partial charge in [-0.05, 0) is 26.2 Å². The zero-order chi connectivity index (χ0) is 12.0. The molecule has 5 nitrogen and oxygen atoms in total. The van der Waals surface area contributed by atoms with Crippen molar-refractivity contribution < 1.29 is 9.47 Å². The zero-order valence-electron chi connectivity index (χ0n) is 10.9. The van der Waals surface area contributed by atoms with Gasteiger partial charge in [0.1, 0.15) is 0 Å². The smallest absolute Gasteiger partial charge is 0.188 e. The van der Waals surface area contributed by atoms with Crippen molar-refractivity contribution in [3.05, 3.63) is 0 Å². The summed E-state index contributed by atoms with van der Waals surface area (Å²) in [6.07, 6.45) is 3.37. The summed E-state index contributed by atoms with van der Waals surface area (Å²) in [6.45, 7) is 3.26. The van der Waals surface area contributed by atoms with Gasteiger partial charge in [0, 0.05) is 20.3 Å². The van der Waals surface area contributed by atoms with E-state index in [1.54, 1.807) is 14.2 Å². The third-order valence-corrected chi connectivity index (χ3v) is 3.05. The molecule has 1 aliphatic rings. The fourth-order valence-electron chi connectivity index (χ4n) is 1.82. The van der Waals surface area contributed by atoms with Gasteiger partial charge in [0.05, 0.1) is 18.8 Å². The quantitative estimate of drug-likeness (QED) is 0.425. The number of nitrogens with two attached hydrogens (primary N) is 1. The van der Waals surface area contributed by atoms with Gasteiger partial charge in [0.15, 0.2) is 5.96 Å². The van der Waals surface area contributed by atoms with E-state index < -0.39 is 0 Å². The van der Waals surface area contributed by atoms with Gasteiger partial charge in [0.2, 0.25) is 0 Å². The summed E-state index contributed by atoms with van der Waals surface area (Å²) in [7, 11) is 3.41. The lowest BCUT2D eigenvalue weighted by molar-refractivity contribution is -0.0630. The monoisotopic (exact) mass is 357 g/mol. The molecule has 1 unspecified atom stereocenters. The lowest BCUT2D eigenvalue weighted by atomic mass is 9.80. The third kappa shape index (κ3) is 5.39. The number of aliphatic imine (C=N–C) groups is 1. The van der Waals surface area contributed by atoms with E-state index >= 15 is 0 Å². The van der Waals surface area contributed by atoms with Crippen molar-refractivity contribution in [3.63, 3.8) is 0 Å². The normalized spacial score (nSPS) is 20.1. The minimum absolute atomic E-state index is 0. The average molecular weight is 357 g/mol. The lowest BCUT2D eigenvalue weighted by Gasteiger charge is -2.39. The third-order valence-electron chi connectivity index (χ3n) is 3.05. The number of nitrogens with zero attached hydrogens (tertiary/aromatic N) is 1. The average Bonchev–Trinajstić information content (AvgIpc) is 2.17. The van der Waals surface area contributed by atoms with E-state index in [4.69, 9.17) is 15.2 Å². The highest BCUT2D eigenvalue weighted by molar-refractivity contribution is 14.0. The second-order valence-corrected chi connectivity index (χ2v) is 4.44. The molecule has 0 aromatic carbocycles. The number of nitrogens with one attached hydrogen (secondary N) is 1. The van der Waals surface area contributed by atoms with Crippen LogP contribution in [0.5, 0.6) is 0 Å². The van der Waals surface area contributed by atoms with E-state index in [9.17, 15) is 0 Å².